The van der Waals surface area contributed by atoms with Crippen molar-refractivity contribution >= 4 is 23.4 Å². The Kier molecular flexibility index (Phi) is 9.48. The Morgan fingerprint density at radius 2 is 1.71 bits per heavy atom. The molecule has 0 atom stereocenters. The maximum Gasteiger partial charge on any atom is 0.220 e. The van der Waals surface area contributed by atoms with Gasteiger partial charge in [0.1, 0.15) is 5.82 Å². The van der Waals surface area contributed by atoms with Gasteiger partial charge >= 0.3 is 0 Å². The second-order valence-corrected chi connectivity index (χ2v) is 9.93. The van der Waals surface area contributed by atoms with Crippen LogP contribution in [-0.2, 0) is 22.4 Å². The topological polar surface area (TPSA) is 61.4 Å². The second-order valence-electron chi connectivity index (χ2n) is 9.49. The molecule has 1 saturated carbocycles. The summed E-state index contributed by atoms with van der Waals surface area (Å²) in [4.78, 5) is 26.8. The monoisotopic (exact) mass is 487 g/mol. The molecule has 1 aliphatic carbocycles. The highest BCUT2D eigenvalue weighted by molar-refractivity contribution is 6.30. The van der Waals surface area contributed by atoms with E-state index in [0.717, 1.165) is 42.7 Å². The lowest BCUT2D eigenvalue weighted by Crippen LogP contribution is -2.52. The molecular weight excluding hydrogens is 453 g/mol. The third kappa shape index (κ3) is 7.81. The molecule has 7 heteroatoms. The lowest BCUT2D eigenvalue weighted by Gasteiger charge is -2.45. The van der Waals surface area contributed by atoms with Crippen molar-refractivity contribution in [3.63, 3.8) is 0 Å². The fourth-order valence-corrected chi connectivity index (χ4v) is 4.84. The van der Waals surface area contributed by atoms with E-state index in [1.54, 1.807) is 6.07 Å². The summed E-state index contributed by atoms with van der Waals surface area (Å²) in [6.07, 6.45) is 5.65. The van der Waals surface area contributed by atoms with Gasteiger partial charge in [-0.2, -0.15) is 0 Å². The standard InChI is InChI=1S/C27H35ClFN3O2/c1-32(2)27(19-21-6-8-22(28)9-7-21)15-12-24(13-16-27)31-26(34)11-10-25(33)30-17-14-20-4-3-5-23(29)18-20/h3-9,18,24H,10-17,19H2,1-2H3,(H,30,33)(H,31,34). The predicted octanol–water partition coefficient (Wildman–Crippen LogP) is 4.52. The molecule has 0 aromatic heterocycles. The first-order chi connectivity index (χ1) is 16.3. The molecule has 2 aromatic rings. The van der Waals surface area contributed by atoms with E-state index in [1.165, 1.54) is 17.7 Å². The number of hydrogen-bond donors (Lipinski definition) is 2. The maximum atomic E-state index is 13.2. The summed E-state index contributed by atoms with van der Waals surface area (Å²) >= 11 is 6.03. The molecule has 0 heterocycles. The number of likely N-dealkylation sites (N-methyl/N-ethyl adjacent to an activating group) is 1. The van der Waals surface area contributed by atoms with E-state index in [4.69, 9.17) is 11.6 Å². The van der Waals surface area contributed by atoms with Gasteiger partial charge in [-0.15, -0.1) is 0 Å². The molecule has 34 heavy (non-hydrogen) atoms. The molecular formula is C27H35ClFN3O2. The van der Waals surface area contributed by atoms with E-state index in [2.05, 4.69) is 41.8 Å². The van der Waals surface area contributed by atoms with Crippen LogP contribution >= 0.6 is 11.6 Å². The summed E-state index contributed by atoms with van der Waals surface area (Å²) in [5.74, 6) is -0.527. The molecule has 0 spiro atoms. The van der Waals surface area contributed by atoms with Gasteiger partial charge in [0.2, 0.25) is 11.8 Å². The summed E-state index contributed by atoms with van der Waals surface area (Å²) in [6.45, 7) is 0.423. The third-order valence-corrected chi connectivity index (χ3v) is 7.13. The number of nitrogens with one attached hydrogen (secondary N) is 2. The minimum Gasteiger partial charge on any atom is -0.356 e. The Bertz CT molecular complexity index is 957. The Balaban J connectivity index is 1.37. The normalized spacial score (nSPS) is 20.2. The Hall–Kier alpha value is -2.44. The van der Waals surface area contributed by atoms with Gasteiger partial charge in [0.15, 0.2) is 0 Å². The molecule has 2 N–H and O–H groups in total. The zero-order valence-electron chi connectivity index (χ0n) is 20.1. The number of benzene rings is 2. The van der Waals surface area contributed by atoms with Crippen molar-refractivity contribution in [3.8, 4) is 0 Å². The van der Waals surface area contributed by atoms with Crippen LogP contribution in [0.1, 0.15) is 49.7 Å². The number of hydrogen-bond acceptors (Lipinski definition) is 3. The molecule has 0 unspecified atom stereocenters. The highest BCUT2D eigenvalue weighted by atomic mass is 35.5. The van der Waals surface area contributed by atoms with Crippen LogP contribution in [0, 0.1) is 5.82 Å². The van der Waals surface area contributed by atoms with Crippen LogP contribution in [0.2, 0.25) is 5.02 Å². The molecule has 5 nitrogen and oxygen atoms in total. The molecule has 0 saturated heterocycles. The van der Waals surface area contributed by atoms with Gasteiger partial charge < -0.3 is 15.5 Å². The first-order valence-corrected chi connectivity index (χ1v) is 12.4. The molecule has 2 amide bonds. The lowest BCUT2D eigenvalue weighted by molar-refractivity contribution is -0.127. The third-order valence-electron chi connectivity index (χ3n) is 6.88. The van der Waals surface area contributed by atoms with Gasteiger partial charge in [-0.05, 0) is 88.0 Å². The molecule has 184 valence electrons. The maximum absolute atomic E-state index is 13.2. The van der Waals surface area contributed by atoms with Gasteiger partial charge in [-0.25, -0.2) is 4.39 Å². The van der Waals surface area contributed by atoms with Crippen molar-refractivity contribution in [2.75, 3.05) is 20.6 Å². The molecule has 0 radical (unpaired) electrons. The molecule has 2 aromatic carbocycles. The van der Waals surface area contributed by atoms with Crippen molar-refractivity contribution < 1.29 is 14.0 Å². The van der Waals surface area contributed by atoms with E-state index >= 15 is 0 Å². The molecule has 0 aliphatic heterocycles. The lowest BCUT2D eigenvalue weighted by atomic mass is 9.75. The quantitative estimate of drug-likeness (QED) is 0.518. The summed E-state index contributed by atoms with van der Waals surface area (Å²) in [5, 5.41) is 6.66. The van der Waals surface area contributed by atoms with Crippen LogP contribution in [0.5, 0.6) is 0 Å². The van der Waals surface area contributed by atoms with E-state index in [1.807, 2.05) is 18.2 Å². The predicted molar refractivity (Wildman–Crippen MR) is 134 cm³/mol. The van der Waals surface area contributed by atoms with Crippen LogP contribution in [0.15, 0.2) is 48.5 Å². The average molecular weight is 488 g/mol. The number of halogens is 2. The van der Waals surface area contributed by atoms with Crippen molar-refractivity contribution in [1.82, 2.24) is 15.5 Å². The van der Waals surface area contributed by atoms with Crippen LogP contribution in [0.4, 0.5) is 4.39 Å². The minimum absolute atomic E-state index is 0.0661. The van der Waals surface area contributed by atoms with Gasteiger partial charge in [-0.3, -0.25) is 9.59 Å². The summed E-state index contributed by atoms with van der Waals surface area (Å²) in [7, 11) is 4.25. The smallest absolute Gasteiger partial charge is 0.220 e. The number of carbonyl (C=O) groups is 2. The van der Waals surface area contributed by atoms with Crippen LogP contribution < -0.4 is 10.6 Å². The summed E-state index contributed by atoms with van der Waals surface area (Å²) in [6, 6.07) is 14.5. The van der Waals surface area contributed by atoms with E-state index in [0.29, 0.717) is 13.0 Å². The zero-order valence-corrected chi connectivity index (χ0v) is 20.8. The first kappa shape index (κ1) is 26.2. The number of nitrogens with zero attached hydrogens (tertiary/aromatic N) is 1. The van der Waals surface area contributed by atoms with Crippen molar-refractivity contribution in [2.24, 2.45) is 0 Å². The first-order valence-electron chi connectivity index (χ1n) is 12.0. The van der Waals surface area contributed by atoms with Gasteiger partial charge in [-0.1, -0.05) is 35.9 Å². The van der Waals surface area contributed by atoms with Gasteiger partial charge in [0.05, 0.1) is 0 Å². The van der Waals surface area contributed by atoms with Crippen molar-refractivity contribution in [2.45, 2.75) is 62.9 Å². The van der Waals surface area contributed by atoms with Crippen LogP contribution in [0.3, 0.4) is 0 Å². The second kappa shape index (κ2) is 12.3. The fraction of sp³-hybridized carbons (Fsp3) is 0.481. The zero-order chi connectivity index (χ0) is 24.6. The Labute approximate surface area is 207 Å². The summed E-state index contributed by atoms with van der Waals surface area (Å²) in [5.41, 5.74) is 2.17. The molecule has 3 rings (SSSR count). The highest BCUT2D eigenvalue weighted by Gasteiger charge is 2.37. The minimum atomic E-state index is -0.281. The van der Waals surface area contributed by atoms with Crippen molar-refractivity contribution in [1.29, 1.82) is 0 Å². The van der Waals surface area contributed by atoms with E-state index < -0.39 is 0 Å². The van der Waals surface area contributed by atoms with Crippen molar-refractivity contribution in [3.05, 3.63) is 70.5 Å². The van der Waals surface area contributed by atoms with Gasteiger partial charge in [0.25, 0.3) is 0 Å². The fourth-order valence-electron chi connectivity index (χ4n) is 4.72. The molecule has 1 aliphatic rings. The number of carbonyl (C=O) groups excluding carboxylic acids is 2. The Morgan fingerprint density at radius 3 is 2.35 bits per heavy atom. The van der Waals surface area contributed by atoms with Gasteiger partial charge in [0, 0.05) is 36.0 Å². The molecule has 1 fully saturated rings. The largest absolute Gasteiger partial charge is 0.356 e. The summed E-state index contributed by atoms with van der Waals surface area (Å²) < 4.78 is 13.2. The molecule has 0 bridgehead atoms. The number of rotatable bonds is 10. The highest BCUT2D eigenvalue weighted by Crippen LogP contribution is 2.35. The van der Waals surface area contributed by atoms with Crippen LogP contribution in [0.25, 0.3) is 0 Å². The van der Waals surface area contributed by atoms with Crippen LogP contribution in [-0.4, -0.2) is 48.9 Å². The SMILES string of the molecule is CN(C)C1(Cc2ccc(Cl)cc2)CCC(NC(=O)CCC(=O)NCCc2cccc(F)c2)CC1. The average Bonchev–Trinajstić information content (AvgIpc) is 2.80. The van der Waals surface area contributed by atoms with E-state index in [-0.39, 0.29) is 42.1 Å². The Morgan fingerprint density at radius 1 is 1.03 bits per heavy atom. The van der Waals surface area contributed by atoms with E-state index in [9.17, 15) is 14.0 Å². The number of amides is 2.